The van der Waals surface area contributed by atoms with Crippen molar-refractivity contribution < 1.29 is 0 Å². The molecule has 1 aromatic rings. The third-order valence-corrected chi connectivity index (χ3v) is 2.43. The highest BCUT2D eigenvalue weighted by Gasteiger charge is 2.02. The molecule has 0 aliphatic rings. The van der Waals surface area contributed by atoms with E-state index in [0.29, 0.717) is 0 Å². The average molecular weight is 180 g/mol. The minimum Gasteiger partial charge on any atom is -0.384 e. The van der Waals surface area contributed by atoms with Crippen LogP contribution < -0.4 is 5.73 Å². The Morgan fingerprint density at radius 1 is 1.50 bits per heavy atom. The van der Waals surface area contributed by atoms with Gasteiger partial charge in [-0.05, 0) is 11.8 Å². The normalized spacial score (nSPS) is 9.75. The zero-order valence-electron chi connectivity index (χ0n) is 7.00. The summed E-state index contributed by atoms with van der Waals surface area (Å²) in [4.78, 5) is 1.09. The maximum absolute atomic E-state index is 7.32. The fourth-order valence-corrected chi connectivity index (χ4v) is 1.79. The molecule has 0 aliphatic carbocycles. The first-order chi connectivity index (χ1) is 5.75. The van der Waals surface area contributed by atoms with Crippen LogP contribution in [0.15, 0.2) is 29.2 Å². The van der Waals surface area contributed by atoms with E-state index in [2.05, 4.69) is 6.92 Å². The summed E-state index contributed by atoms with van der Waals surface area (Å²) in [5.41, 5.74) is 6.25. The number of nitrogens with one attached hydrogen (secondary N) is 1. The standard InChI is InChI=1S/C9H12N2S/c1-2-12-8-6-4-3-5-7(8)9(10)11/h3-6H,2H2,1H3,(H3,10,11). The highest BCUT2D eigenvalue weighted by Crippen LogP contribution is 2.21. The molecular weight excluding hydrogens is 168 g/mol. The van der Waals surface area contributed by atoms with Gasteiger partial charge in [0.15, 0.2) is 0 Å². The highest BCUT2D eigenvalue weighted by molar-refractivity contribution is 7.99. The topological polar surface area (TPSA) is 49.9 Å². The molecule has 0 radical (unpaired) electrons. The van der Waals surface area contributed by atoms with Crippen molar-refractivity contribution in [1.29, 1.82) is 5.41 Å². The largest absolute Gasteiger partial charge is 0.384 e. The van der Waals surface area contributed by atoms with Crippen molar-refractivity contribution in [3.63, 3.8) is 0 Å². The SMILES string of the molecule is CCSc1ccccc1C(=N)N. The van der Waals surface area contributed by atoms with Gasteiger partial charge in [-0.2, -0.15) is 0 Å². The molecule has 0 bridgehead atoms. The lowest BCUT2D eigenvalue weighted by Crippen LogP contribution is -2.11. The second kappa shape index (κ2) is 4.16. The Balaban J connectivity index is 3.00. The predicted octanol–water partition coefficient (Wildman–Crippen LogP) is 2.08. The van der Waals surface area contributed by atoms with Crippen LogP contribution in [-0.2, 0) is 0 Å². The fraction of sp³-hybridized carbons (Fsp3) is 0.222. The Bertz CT molecular complexity index is 284. The van der Waals surface area contributed by atoms with Gasteiger partial charge in [0.05, 0.1) is 0 Å². The van der Waals surface area contributed by atoms with Crippen molar-refractivity contribution in [1.82, 2.24) is 0 Å². The molecule has 2 nitrogen and oxygen atoms in total. The smallest absolute Gasteiger partial charge is 0.123 e. The van der Waals surface area contributed by atoms with Crippen molar-refractivity contribution in [3.05, 3.63) is 29.8 Å². The molecule has 1 rings (SSSR count). The van der Waals surface area contributed by atoms with Gasteiger partial charge in [0.25, 0.3) is 0 Å². The molecule has 0 atom stereocenters. The first-order valence-electron chi connectivity index (χ1n) is 3.82. The average Bonchev–Trinajstić information content (AvgIpc) is 2.05. The Kier molecular flexibility index (Phi) is 3.17. The zero-order chi connectivity index (χ0) is 8.97. The molecule has 0 aromatic heterocycles. The molecule has 0 fully saturated rings. The van der Waals surface area contributed by atoms with Gasteiger partial charge in [-0.3, -0.25) is 5.41 Å². The second-order valence-corrected chi connectivity index (χ2v) is 3.65. The lowest BCUT2D eigenvalue weighted by atomic mass is 10.2. The summed E-state index contributed by atoms with van der Waals surface area (Å²) in [7, 11) is 0. The zero-order valence-corrected chi connectivity index (χ0v) is 7.82. The predicted molar refractivity (Wildman–Crippen MR) is 53.9 cm³/mol. The number of nitrogens with two attached hydrogens (primary N) is 1. The summed E-state index contributed by atoms with van der Waals surface area (Å²) < 4.78 is 0. The van der Waals surface area contributed by atoms with Gasteiger partial charge >= 0.3 is 0 Å². The molecule has 1 aromatic carbocycles. The van der Waals surface area contributed by atoms with Gasteiger partial charge in [0.2, 0.25) is 0 Å². The Hall–Kier alpha value is -0.960. The number of hydrogen-bond donors (Lipinski definition) is 2. The van der Waals surface area contributed by atoms with E-state index >= 15 is 0 Å². The molecule has 0 unspecified atom stereocenters. The summed E-state index contributed by atoms with van der Waals surface area (Å²) in [5, 5.41) is 7.32. The van der Waals surface area contributed by atoms with E-state index < -0.39 is 0 Å². The van der Waals surface area contributed by atoms with Crippen molar-refractivity contribution in [2.45, 2.75) is 11.8 Å². The van der Waals surface area contributed by atoms with E-state index in [1.807, 2.05) is 24.3 Å². The first kappa shape index (κ1) is 9.13. The van der Waals surface area contributed by atoms with Crippen molar-refractivity contribution in [2.75, 3.05) is 5.75 Å². The van der Waals surface area contributed by atoms with Crippen LogP contribution in [0.2, 0.25) is 0 Å². The molecule has 0 aliphatic heterocycles. The molecule has 64 valence electrons. The van der Waals surface area contributed by atoms with Crippen molar-refractivity contribution in [3.8, 4) is 0 Å². The minimum atomic E-state index is 0.145. The Morgan fingerprint density at radius 3 is 2.75 bits per heavy atom. The number of thioether (sulfide) groups is 1. The minimum absolute atomic E-state index is 0.145. The monoisotopic (exact) mass is 180 g/mol. The fourth-order valence-electron chi connectivity index (χ4n) is 0.971. The quantitative estimate of drug-likeness (QED) is 0.425. The van der Waals surface area contributed by atoms with Gasteiger partial charge in [0.1, 0.15) is 5.84 Å². The maximum atomic E-state index is 7.32. The summed E-state index contributed by atoms with van der Waals surface area (Å²) >= 11 is 1.71. The summed E-state index contributed by atoms with van der Waals surface area (Å²) in [6, 6.07) is 7.73. The first-order valence-corrected chi connectivity index (χ1v) is 4.80. The molecule has 0 amide bonds. The molecule has 0 spiro atoms. The number of hydrogen-bond acceptors (Lipinski definition) is 2. The van der Waals surface area contributed by atoms with Crippen LogP contribution in [0.5, 0.6) is 0 Å². The lowest BCUT2D eigenvalue weighted by Gasteiger charge is -2.04. The summed E-state index contributed by atoms with van der Waals surface area (Å²) in [5.74, 6) is 1.15. The molecule has 0 saturated heterocycles. The third-order valence-electron chi connectivity index (χ3n) is 1.48. The number of benzene rings is 1. The van der Waals surface area contributed by atoms with Gasteiger partial charge < -0.3 is 5.73 Å². The van der Waals surface area contributed by atoms with E-state index in [0.717, 1.165) is 16.2 Å². The van der Waals surface area contributed by atoms with Crippen LogP contribution in [0.25, 0.3) is 0 Å². The van der Waals surface area contributed by atoms with Crippen LogP contribution >= 0.6 is 11.8 Å². The lowest BCUT2D eigenvalue weighted by molar-refractivity contribution is 1.34. The van der Waals surface area contributed by atoms with Crippen LogP contribution in [0.1, 0.15) is 12.5 Å². The third kappa shape index (κ3) is 2.01. The van der Waals surface area contributed by atoms with Crippen LogP contribution in [0, 0.1) is 5.41 Å². The second-order valence-electron chi connectivity index (χ2n) is 2.34. The van der Waals surface area contributed by atoms with E-state index in [9.17, 15) is 0 Å². The van der Waals surface area contributed by atoms with Gasteiger partial charge in [-0.1, -0.05) is 25.1 Å². The Labute approximate surface area is 76.7 Å². The van der Waals surface area contributed by atoms with Crippen molar-refractivity contribution in [2.24, 2.45) is 5.73 Å². The molecule has 3 heteroatoms. The molecular formula is C9H12N2S. The highest BCUT2D eigenvalue weighted by atomic mass is 32.2. The van der Waals surface area contributed by atoms with Crippen molar-refractivity contribution >= 4 is 17.6 Å². The summed E-state index contributed by atoms with van der Waals surface area (Å²) in [6.07, 6.45) is 0. The van der Waals surface area contributed by atoms with Crippen LogP contribution in [-0.4, -0.2) is 11.6 Å². The van der Waals surface area contributed by atoms with Crippen LogP contribution in [0.4, 0.5) is 0 Å². The van der Waals surface area contributed by atoms with E-state index in [1.165, 1.54) is 0 Å². The van der Waals surface area contributed by atoms with Gasteiger partial charge in [-0.25, -0.2) is 0 Å². The molecule has 12 heavy (non-hydrogen) atoms. The number of rotatable bonds is 3. The van der Waals surface area contributed by atoms with E-state index in [4.69, 9.17) is 11.1 Å². The van der Waals surface area contributed by atoms with E-state index in [-0.39, 0.29) is 5.84 Å². The maximum Gasteiger partial charge on any atom is 0.123 e. The molecule has 3 N–H and O–H groups in total. The molecule has 0 heterocycles. The number of amidine groups is 1. The van der Waals surface area contributed by atoms with Gasteiger partial charge in [-0.15, -0.1) is 11.8 Å². The number of nitrogen functional groups attached to an aromatic ring is 1. The Morgan fingerprint density at radius 2 is 2.17 bits per heavy atom. The van der Waals surface area contributed by atoms with Gasteiger partial charge in [0, 0.05) is 10.5 Å². The summed E-state index contributed by atoms with van der Waals surface area (Å²) in [6.45, 7) is 2.08. The molecule has 0 saturated carbocycles. The van der Waals surface area contributed by atoms with E-state index in [1.54, 1.807) is 11.8 Å². The van der Waals surface area contributed by atoms with Crippen LogP contribution in [0.3, 0.4) is 0 Å².